The van der Waals surface area contributed by atoms with Crippen LogP contribution < -0.4 is 9.80 Å². The Hall–Kier alpha value is -3.00. The number of rotatable bonds is 14. The normalized spacial score (nSPS) is 17.7. The minimum atomic E-state index is -0.0913. The molecular weight excluding hydrogens is 514 g/mol. The monoisotopic (exact) mass is 561 g/mol. The molecule has 7 heteroatoms. The minimum Gasteiger partial charge on any atom is -0.378 e. The fourth-order valence-corrected chi connectivity index (χ4v) is 5.54. The summed E-state index contributed by atoms with van der Waals surface area (Å²) in [5.41, 5.74) is 3.81. The van der Waals surface area contributed by atoms with E-state index in [0.29, 0.717) is 12.8 Å². The van der Waals surface area contributed by atoms with Crippen molar-refractivity contribution in [1.29, 1.82) is 0 Å². The van der Waals surface area contributed by atoms with Crippen LogP contribution in [-0.2, 0) is 9.47 Å². The third-order valence-electron chi connectivity index (χ3n) is 8.22. The van der Waals surface area contributed by atoms with Crippen molar-refractivity contribution in [2.24, 2.45) is 11.8 Å². The van der Waals surface area contributed by atoms with Gasteiger partial charge in [-0.1, -0.05) is 19.1 Å². The van der Waals surface area contributed by atoms with Gasteiger partial charge in [-0.15, -0.1) is 0 Å². The molecule has 0 saturated carbocycles. The summed E-state index contributed by atoms with van der Waals surface area (Å²) in [5, 5.41) is 0. The molecule has 7 nitrogen and oxygen atoms in total. The molecule has 2 unspecified atom stereocenters. The van der Waals surface area contributed by atoms with E-state index in [0.717, 1.165) is 94.5 Å². The predicted molar refractivity (Wildman–Crippen MR) is 166 cm³/mol. The van der Waals surface area contributed by atoms with E-state index in [1.807, 2.05) is 38.4 Å². The van der Waals surface area contributed by atoms with Crippen molar-refractivity contribution >= 4 is 22.9 Å². The van der Waals surface area contributed by atoms with Gasteiger partial charge in [0.2, 0.25) is 0 Å². The van der Waals surface area contributed by atoms with Gasteiger partial charge in [-0.05, 0) is 94.9 Å². The quantitative estimate of drug-likeness (QED) is 0.227. The lowest BCUT2D eigenvalue weighted by atomic mass is 9.89. The average Bonchev–Trinajstić information content (AvgIpc) is 3.03. The third-order valence-corrected chi connectivity index (χ3v) is 8.22. The van der Waals surface area contributed by atoms with Gasteiger partial charge in [0.1, 0.15) is 0 Å². The van der Waals surface area contributed by atoms with Crippen molar-refractivity contribution < 1.29 is 19.1 Å². The number of carbonyl (C=O) groups excluding carboxylic acids is 2. The molecular formula is C34H47N3O4. The number of allylic oxidation sites excluding steroid dienone is 2. The first kappa shape index (κ1) is 30.9. The molecule has 0 aromatic heterocycles. The number of ketones is 2. The van der Waals surface area contributed by atoms with Gasteiger partial charge in [-0.25, -0.2) is 0 Å². The lowest BCUT2D eigenvalue weighted by Crippen LogP contribution is -2.36. The fourth-order valence-electron chi connectivity index (χ4n) is 5.54. The van der Waals surface area contributed by atoms with E-state index in [9.17, 15) is 9.59 Å². The zero-order valence-corrected chi connectivity index (χ0v) is 25.1. The maximum atomic E-state index is 13.5. The number of Topliss-reactive ketones (excluding diaryl/α,β-unsaturated/α-hetero) is 2. The van der Waals surface area contributed by atoms with Gasteiger partial charge < -0.3 is 24.2 Å². The second-order valence-electron chi connectivity index (χ2n) is 11.4. The van der Waals surface area contributed by atoms with Gasteiger partial charge in [0, 0.05) is 60.5 Å². The topological polar surface area (TPSA) is 62.3 Å². The van der Waals surface area contributed by atoms with Gasteiger partial charge in [-0.3, -0.25) is 9.59 Å². The average molecular weight is 562 g/mol. The predicted octanol–water partition coefficient (Wildman–Crippen LogP) is 5.36. The summed E-state index contributed by atoms with van der Waals surface area (Å²) >= 11 is 0. The smallest absolute Gasteiger partial charge is 0.166 e. The molecule has 2 aromatic carbocycles. The molecule has 222 valence electrons. The molecule has 2 aliphatic rings. The zero-order valence-electron chi connectivity index (χ0n) is 25.1. The number of benzene rings is 2. The Balaban J connectivity index is 1.34. The summed E-state index contributed by atoms with van der Waals surface area (Å²) < 4.78 is 10.9. The second kappa shape index (κ2) is 15.9. The Labute approximate surface area is 246 Å². The Kier molecular flexibility index (Phi) is 12.0. The molecule has 2 saturated heterocycles. The largest absolute Gasteiger partial charge is 0.378 e. The summed E-state index contributed by atoms with van der Waals surface area (Å²) in [4.78, 5) is 33.5. The number of hydrogen-bond donors (Lipinski definition) is 0. The third kappa shape index (κ3) is 8.99. The molecule has 0 radical (unpaired) electrons. The van der Waals surface area contributed by atoms with E-state index in [1.54, 1.807) is 0 Å². The standard InChI is InChI=1S/C34H47N3O4/c1-4-27(33(38)29-9-13-31(14-10-29)36-19-23-40-24-20-36)7-5-6-8-28(17-18-35(2)3)34(39)30-11-15-32(16-12-30)37-21-25-41-26-22-37/h5-6,9-16,27-28H,4,7-8,17-26H2,1-3H3. The zero-order chi connectivity index (χ0) is 29.0. The molecule has 2 aromatic rings. The molecule has 0 amide bonds. The number of ether oxygens (including phenoxy) is 2. The van der Waals surface area contributed by atoms with Crippen molar-refractivity contribution in [1.82, 2.24) is 4.90 Å². The second-order valence-corrected chi connectivity index (χ2v) is 11.4. The summed E-state index contributed by atoms with van der Waals surface area (Å²) in [5.74, 6) is 0.218. The van der Waals surface area contributed by atoms with Crippen LogP contribution in [0.15, 0.2) is 60.7 Å². The van der Waals surface area contributed by atoms with Crippen LogP contribution in [0.25, 0.3) is 0 Å². The highest BCUT2D eigenvalue weighted by Gasteiger charge is 2.21. The molecule has 0 bridgehead atoms. The molecule has 2 aliphatic heterocycles. The van der Waals surface area contributed by atoms with E-state index < -0.39 is 0 Å². The summed E-state index contributed by atoms with van der Waals surface area (Å²) in [6.07, 6.45) is 7.16. The lowest BCUT2D eigenvalue weighted by Gasteiger charge is -2.29. The first-order chi connectivity index (χ1) is 20.0. The molecule has 0 aliphatic carbocycles. The van der Waals surface area contributed by atoms with Crippen LogP contribution in [0, 0.1) is 11.8 Å². The van der Waals surface area contributed by atoms with Crippen LogP contribution in [-0.4, -0.2) is 89.7 Å². The first-order valence-electron chi connectivity index (χ1n) is 15.2. The number of nitrogens with zero attached hydrogens (tertiary/aromatic N) is 3. The van der Waals surface area contributed by atoms with Gasteiger partial charge in [0.15, 0.2) is 11.6 Å². The lowest BCUT2D eigenvalue weighted by molar-refractivity contribution is 0.0902. The van der Waals surface area contributed by atoms with E-state index >= 15 is 0 Å². The van der Waals surface area contributed by atoms with Crippen LogP contribution in [0.1, 0.15) is 53.3 Å². The number of hydrogen-bond acceptors (Lipinski definition) is 7. The molecule has 2 atom stereocenters. The van der Waals surface area contributed by atoms with Crippen molar-refractivity contribution in [3.63, 3.8) is 0 Å². The van der Waals surface area contributed by atoms with Gasteiger partial charge in [-0.2, -0.15) is 0 Å². The van der Waals surface area contributed by atoms with E-state index in [1.165, 1.54) is 0 Å². The van der Waals surface area contributed by atoms with E-state index in [2.05, 4.69) is 58.0 Å². The summed E-state index contributed by atoms with van der Waals surface area (Å²) in [6, 6.07) is 16.1. The van der Waals surface area contributed by atoms with E-state index in [-0.39, 0.29) is 23.4 Å². The number of anilines is 2. The van der Waals surface area contributed by atoms with Gasteiger partial charge >= 0.3 is 0 Å². The molecule has 2 fully saturated rings. The molecule has 2 heterocycles. The van der Waals surface area contributed by atoms with Gasteiger partial charge in [0.05, 0.1) is 26.4 Å². The maximum Gasteiger partial charge on any atom is 0.166 e. The number of carbonyl (C=O) groups is 2. The van der Waals surface area contributed by atoms with Crippen molar-refractivity contribution in [2.45, 2.75) is 32.6 Å². The molecule has 4 rings (SSSR count). The first-order valence-corrected chi connectivity index (χ1v) is 15.2. The highest BCUT2D eigenvalue weighted by molar-refractivity contribution is 5.99. The van der Waals surface area contributed by atoms with Crippen molar-refractivity contribution in [3.05, 3.63) is 71.8 Å². The molecule has 41 heavy (non-hydrogen) atoms. The van der Waals surface area contributed by atoms with Crippen LogP contribution in [0.4, 0.5) is 11.4 Å². The van der Waals surface area contributed by atoms with Gasteiger partial charge in [0.25, 0.3) is 0 Å². The summed E-state index contributed by atoms with van der Waals surface area (Å²) in [6.45, 7) is 9.42. The highest BCUT2D eigenvalue weighted by Crippen LogP contribution is 2.24. The SMILES string of the molecule is CCC(CC=CCC(CCN(C)C)C(=O)c1ccc(N2CCOCC2)cc1)C(=O)c1ccc(N2CCOCC2)cc1. The molecule has 0 N–H and O–H groups in total. The van der Waals surface area contributed by atoms with Crippen molar-refractivity contribution in [3.8, 4) is 0 Å². The Morgan fingerprint density at radius 1 is 0.732 bits per heavy atom. The molecule has 0 spiro atoms. The Bertz CT molecular complexity index is 1120. The maximum absolute atomic E-state index is 13.5. The summed E-state index contributed by atoms with van der Waals surface area (Å²) in [7, 11) is 4.08. The Morgan fingerprint density at radius 3 is 1.56 bits per heavy atom. The van der Waals surface area contributed by atoms with Crippen molar-refractivity contribution in [2.75, 3.05) is 83.0 Å². The number of morpholine rings is 2. The van der Waals surface area contributed by atoms with E-state index in [4.69, 9.17) is 9.47 Å². The highest BCUT2D eigenvalue weighted by atomic mass is 16.5. The van der Waals surface area contributed by atoms with Crippen LogP contribution >= 0.6 is 0 Å². The minimum absolute atomic E-state index is 0.0656. The Morgan fingerprint density at radius 2 is 1.15 bits per heavy atom. The van der Waals surface area contributed by atoms with Crippen LogP contribution in [0.2, 0.25) is 0 Å². The van der Waals surface area contributed by atoms with Crippen LogP contribution in [0.3, 0.4) is 0 Å². The van der Waals surface area contributed by atoms with Crippen LogP contribution in [0.5, 0.6) is 0 Å². The fraction of sp³-hybridized carbons (Fsp3) is 0.529.